The Kier molecular flexibility index (Phi) is 7.04. The van der Waals surface area contributed by atoms with Crippen LogP contribution in [0.2, 0.25) is 0 Å². The first kappa shape index (κ1) is 16.5. The summed E-state index contributed by atoms with van der Waals surface area (Å²) in [5, 5.41) is 8.98. The van der Waals surface area contributed by atoms with Crippen LogP contribution in [-0.4, -0.2) is 38.0 Å². The fourth-order valence-electron chi connectivity index (χ4n) is 1.63. The summed E-state index contributed by atoms with van der Waals surface area (Å²) in [6, 6.07) is 4.93. The summed E-state index contributed by atoms with van der Waals surface area (Å²) >= 11 is 0. The molecule has 1 aromatic rings. The number of ether oxygens (including phenoxy) is 3. The Bertz CT molecular complexity index is 428. The molecule has 0 saturated heterocycles. The van der Waals surface area contributed by atoms with Crippen LogP contribution in [0, 0.1) is 5.92 Å². The Morgan fingerprint density at radius 2 is 1.95 bits per heavy atom. The highest BCUT2D eigenvalue weighted by Crippen LogP contribution is 2.20. The average molecular weight is 282 g/mol. The van der Waals surface area contributed by atoms with Crippen LogP contribution in [0.15, 0.2) is 18.2 Å². The van der Waals surface area contributed by atoms with Crippen molar-refractivity contribution >= 4 is 5.97 Å². The van der Waals surface area contributed by atoms with Crippen molar-refractivity contribution in [3.05, 3.63) is 29.3 Å². The smallest absolute Gasteiger partial charge is 0.339 e. The Morgan fingerprint density at radius 1 is 1.25 bits per heavy atom. The fourth-order valence-corrected chi connectivity index (χ4v) is 1.63. The van der Waals surface area contributed by atoms with E-state index in [1.807, 2.05) is 0 Å². The van der Waals surface area contributed by atoms with Gasteiger partial charge in [-0.3, -0.25) is 0 Å². The molecule has 0 aliphatic rings. The Hall–Kier alpha value is -1.59. The Morgan fingerprint density at radius 3 is 2.55 bits per heavy atom. The summed E-state index contributed by atoms with van der Waals surface area (Å²) in [5.74, 6) is -0.145. The highest BCUT2D eigenvalue weighted by molar-refractivity contribution is 5.90. The van der Waals surface area contributed by atoms with Crippen LogP contribution < -0.4 is 4.74 Å². The quantitative estimate of drug-likeness (QED) is 0.705. The Balaban J connectivity index is 2.39. The lowest BCUT2D eigenvalue weighted by Crippen LogP contribution is -2.08. The van der Waals surface area contributed by atoms with E-state index in [1.165, 1.54) is 13.2 Å². The first-order valence-electron chi connectivity index (χ1n) is 6.60. The monoisotopic (exact) mass is 282 g/mol. The molecule has 0 radical (unpaired) electrons. The van der Waals surface area contributed by atoms with E-state index < -0.39 is 5.97 Å². The maximum atomic E-state index is 11.0. The van der Waals surface area contributed by atoms with Crippen LogP contribution in [0.1, 0.15) is 29.8 Å². The minimum Gasteiger partial charge on any atom is -0.496 e. The molecule has 0 heterocycles. The average Bonchev–Trinajstić information content (AvgIpc) is 2.41. The molecule has 0 amide bonds. The van der Waals surface area contributed by atoms with Crippen molar-refractivity contribution in [2.45, 2.75) is 20.5 Å². The van der Waals surface area contributed by atoms with E-state index in [-0.39, 0.29) is 5.56 Å². The number of methoxy groups -OCH3 is 1. The van der Waals surface area contributed by atoms with Gasteiger partial charge in [-0.05, 0) is 23.6 Å². The summed E-state index contributed by atoms with van der Waals surface area (Å²) < 4.78 is 15.9. The number of benzene rings is 1. The molecule has 20 heavy (non-hydrogen) atoms. The van der Waals surface area contributed by atoms with Crippen molar-refractivity contribution in [2.24, 2.45) is 5.92 Å². The highest BCUT2D eigenvalue weighted by atomic mass is 16.5. The molecule has 1 aromatic carbocycles. The molecule has 0 atom stereocenters. The topological polar surface area (TPSA) is 65.0 Å². The second-order valence-electron chi connectivity index (χ2n) is 4.86. The zero-order valence-corrected chi connectivity index (χ0v) is 12.2. The number of hydrogen-bond donors (Lipinski definition) is 1. The lowest BCUT2D eigenvalue weighted by atomic mass is 10.1. The minimum absolute atomic E-state index is 0.150. The molecule has 0 unspecified atom stereocenters. The lowest BCUT2D eigenvalue weighted by molar-refractivity contribution is 0.0314. The van der Waals surface area contributed by atoms with Crippen molar-refractivity contribution in [3.63, 3.8) is 0 Å². The predicted molar refractivity (Wildman–Crippen MR) is 75.3 cm³/mol. The van der Waals surface area contributed by atoms with Crippen LogP contribution in [0.4, 0.5) is 0 Å². The third-order valence-electron chi connectivity index (χ3n) is 2.59. The van der Waals surface area contributed by atoms with Crippen LogP contribution >= 0.6 is 0 Å². The standard InChI is InChI=1S/C15H22O5/c1-11(2)9-19-6-7-20-10-12-4-5-13(15(16)17)14(8-12)18-3/h4-5,8,11H,6-7,9-10H2,1-3H3,(H,16,17). The van der Waals surface area contributed by atoms with E-state index in [0.29, 0.717) is 31.5 Å². The molecule has 5 heteroatoms. The molecule has 1 N–H and O–H groups in total. The number of aromatic carboxylic acids is 1. The largest absolute Gasteiger partial charge is 0.496 e. The van der Waals surface area contributed by atoms with Crippen molar-refractivity contribution < 1.29 is 24.1 Å². The number of carboxylic acids is 1. The van der Waals surface area contributed by atoms with Gasteiger partial charge >= 0.3 is 5.97 Å². The van der Waals surface area contributed by atoms with Crippen LogP contribution in [0.3, 0.4) is 0 Å². The Labute approximate surface area is 119 Å². The minimum atomic E-state index is -1.00. The van der Waals surface area contributed by atoms with Gasteiger partial charge in [0.2, 0.25) is 0 Å². The van der Waals surface area contributed by atoms with Crippen LogP contribution in [-0.2, 0) is 16.1 Å². The molecular formula is C15H22O5. The van der Waals surface area contributed by atoms with Crippen molar-refractivity contribution in [1.82, 2.24) is 0 Å². The van der Waals surface area contributed by atoms with Gasteiger partial charge in [0.1, 0.15) is 11.3 Å². The zero-order valence-electron chi connectivity index (χ0n) is 12.2. The summed E-state index contributed by atoms with van der Waals surface area (Å²) in [5.41, 5.74) is 1.02. The third kappa shape index (κ3) is 5.59. The van der Waals surface area contributed by atoms with E-state index in [1.54, 1.807) is 12.1 Å². The van der Waals surface area contributed by atoms with E-state index in [4.69, 9.17) is 19.3 Å². The fraction of sp³-hybridized carbons (Fsp3) is 0.533. The van der Waals surface area contributed by atoms with E-state index in [0.717, 1.165) is 12.2 Å². The van der Waals surface area contributed by atoms with Crippen molar-refractivity contribution in [3.8, 4) is 5.75 Å². The van der Waals surface area contributed by atoms with Gasteiger partial charge in [0.15, 0.2) is 0 Å². The first-order valence-corrected chi connectivity index (χ1v) is 6.60. The molecular weight excluding hydrogens is 260 g/mol. The molecule has 0 aliphatic carbocycles. The number of hydrogen-bond acceptors (Lipinski definition) is 4. The van der Waals surface area contributed by atoms with Gasteiger partial charge in [-0.15, -0.1) is 0 Å². The van der Waals surface area contributed by atoms with Gasteiger partial charge in [-0.1, -0.05) is 19.9 Å². The summed E-state index contributed by atoms with van der Waals surface area (Å²) in [4.78, 5) is 11.0. The molecule has 0 saturated carbocycles. The second kappa shape index (κ2) is 8.55. The predicted octanol–water partition coefficient (Wildman–Crippen LogP) is 2.58. The van der Waals surface area contributed by atoms with Gasteiger partial charge in [-0.2, -0.15) is 0 Å². The van der Waals surface area contributed by atoms with Crippen molar-refractivity contribution in [2.75, 3.05) is 26.9 Å². The summed E-state index contributed by atoms with van der Waals surface area (Å²) in [7, 11) is 1.45. The second-order valence-corrected chi connectivity index (χ2v) is 4.86. The van der Waals surface area contributed by atoms with E-state index in [2.05, 4.69) is 13.8 Å². The molecule has 0 bridgehead atoms. The highest BCUT2D eigenvalue weighted by Gasteiger charge is 2.11. The molecule has 0 fully saturated rings. The van der Waals surface area contributed by atoms with Crippen molar-refractivity contribution in [1.29, 1.82) is 0 Å². The number of rotatable bonds is 9. The van der Waals surface area contributed by atoms with Gasteiger partial charge < -0.3 is 19.3 Å². The van der Waals surface area contributed by atoms with Gasteiger partial charge in [0, 0.05) is 6.61 Å². The third-order valence-corrected chi connectivity index (χ3v) is 2.59. The lowest BCUT2D eigenvalue weighted by Gasteiger charge is -2.09. The summed E-state index contributed by atoms with van der Waals surface area (Å²) in [6.07, 6.45) is 0. The van der Waals surface area contributed by atoms with Gasteiger partial charge in [-0.25, -0.2) is 4.79 Å². The molecule has 0 aliphatic heterocycles. The molecule has 112 valence electrons. The maximum absolute atomic E-state index is 11.0. The zero-order chi connectivity index (χ0) is 15.0. The SMILES string of the molecule is COc1cc(COCCOCC(C)C)ccc1C(=O)O. The molecule has 1 rings (SSSR count). The van der Waals surface area contributed by atoms with Crippen LogP contribution in [0.25, 0.3) is 0 Å². The normalized spacial score (nSPS) is 10.8. The van der Waals surface area contributed by atoms with E-state index >= 15 is 0 Å². The van der Waals surface area contributed by atoms with E-state index in [9.17, 15) is 4.79 Å². The number of carboxylic acid groups (broad SMARTS) is 1. The number of carbonyl (C=O) groups is 1. The molecule has 5 nitrogen and oxygen atoms in total. The van der Waals surface area contributed by atoms with Gasteiger partial charge in [0.25, 0.3) is 0 Å². The maximum Gasteiger partial charge on any atom is 0.339 e. The molecule has 0 aromatic heterocycles. The van der Waals surface area contributed by atoms with Gasteiger partial charge in [0.05, 0.1) is 26.9 Å². The molecule has 0 spiro atoms. The van der Waals surface area contributed by atoms with Crippen LogP contribution in [0.5, 0.6) is 5.75 Å². The first-order chi connectivity index (χ1) is 9.54. The summed E-state index contributed by atoms with van der Waals surface area (Å²) in [6.45, 7) is 6.39.